The van der Waals surface area contributed by atoms with Crippen molar-refractivity contribution < 1.29 is 13.9 Å². The molecule has 0 aliphatic rings. The van der Waals surface area contributed by atoms with Crippen molar-refractivity contribution in [2.45, 2.75) is 0 Å². The number of benzene rings is 2. The van der Waals surface area contributed by atoms with Gasteiger partial charge in [0.25, 0.3) is 0 Å². The molecule has 0 aliphatic carbocycles. The fourth-order valence-corrected chi connectivity index (χ4v) is 1.55. The summed E-state index contributed by atoms with van der Waals surface area (Å²) < 4.78 is 23.7. The standard InChI is InChI=1S/C15H12FNO2/c16-13-5-3-6-14(10-13)18-8-9-19-15-7-2-1-4-12(15)11-17/h1-7,10H,8-9H2. The van der Waals surface area contributed by atoms with Crippen LogP contribution in [0, 0.1) is 17.1 Å². The maximum Gasteiger partial charge on any atom is 0.137 e. The molecule has 0 heterocycles. The molecule has 0 saturated heterocycles. The molecule has 0 aromatic heterocycles. The summed E-state index contributed by atoms with van der Waals surface area (Å²) in [4.78, 5) is 0. The zero-order valence-corrected chi connectivity index (χ0v) is 10.2. The average molecular weight is 257 g/mol. The van der Waals surface area contributed by atoms with Crippen LogP contribution in [0.5, 0.6) is 11.5 Å². The monoisotopic (exact) mass is 257 g/mol. The van der Waals surface area contributed by atoms with Crippen molar-refractivity contribution in [3.05, 3.63) is 59.9 Å². The molecule has 0 radical (unpaired) electrons. The van der Waals surface area contributed by atoms with Crippen LogP contribution in [0.25, 0.3) is 0 Å². The van der Waals surface area contributed by atoms with Gasteiger partial charge in [-0.1, -0.05) is 18.2 Å². The molecular weight excluding hydrogens is 245 g/mol. The lowest BCUT2D eigenvalue weighted by Crippen LogP contribution is -2.09. The Kier molecular flexibility index (Phi) is 4.35. The summed E-state index contributed by atoms with van der Waals surface area (Å²) in [6.45, 7) is 0.568. The van der Waals surface area contributed by atoms with Crippen LogP contribution in [0.3, 0.4) is 0 Å². The highest BCUT2D eigenvalue weighted by atomic mass is 19.1. The van der Waals surface area contributed by atoms with Gasteiger partial charge in [-0.25, -0.2) is 4.39 Å². The summed E-state index contributed by atoms with van der Waals surface area (Å²) in [5.41, 5.74) is 0.480. The van der Waals surface area contributed by atoms with Crippen LogP contribution >= 0.6 is 0 Å². The van der Waals surface area contributed by atoms with Crippen molar-refractivity contribution in [2.24, 2.45) is 0 Å². The molecule has 0 amide bonds. The van der Waals surface area contributed by atoms with Gasteiger partial charge >= 0.3 is 0 Å². The number of ether oxygens (including phenoxy) is 2. The molecular formula is C15H12FNO2. The Labute approximate surface area is 110 Å². The van der Waals surface area contributed by atoms with Crippen LogP contribution in [-0.4, -0.2) is 13.2 Å². The van der Waals surface area contributed by atoms with E-state index >= 15 is 0 Å². The molecule has 19 heavy (non-hydrogen) atoms. The lowest BCUT2D eigenvalue weighted by Gasteiger charge is -2.09. The van der Waals surface area contributed by atoms with Crippen LogP contribution in [0.1, 0.15) is 5.56 Å². The lowest BCUT2D eigenvalue weighted by atomic mass is 10.2. The predicted molar refractivity (Wildman–Crippen MR) is 68.5 cm³/mol. The summed E-state index contributed by atoms with van der Waals surface area (Å²) in [5, 5.41) is 8.88. The van der Waals surface area contributed by atoms with Crippen molar-refractivity contribution in [3.63, 3.8) is 0 Å². The normalized spacial score (nSPS) is 9.68. The number of rotatable bonds is 5. The molecule has 0 atom stereocenters. The summed E-state index contributed by atoms with van der Waals surface area (Å²) in [6, 6.07) is 14.9. The Morgan fingerprint density at radius 3 is 2.58 bits per heavy atom. The van der Waals surface area contributed by atoms with Crippen molar-refractivity contribution in [1.82, 2.24) is 0 Å². The quantitative estimate of drug-likeness (QED) is 0.773. The smallest absolute Gasteiger partial charge is 0.137 e. The molecule has 2 aromatic carbocycles. The average Bonchev–Trinajstić information content (AvgIpc) is 2.44. The lowest BCUT2D eigenvalue weighted by molar-refractivity contribution is 0.216. The zero-order chi connectivity index (χ0) is 13.5. The van der Waals surface area contributed by atoms with E-state index in [0.717, 1.165) is 0 Å². The van der Waals surface area contributed by atoms with Gasteiger partial charge in [-0.05, 0) is 24.3 Å². The van der Waals surface area contributed by atoms with E-state index in [1.807, 2.05) is 6.07 Å². The van der Waals surface area contributed by atoms with E-state index in [2.05, 4.69) is 0 Å². The van der Waals surface area contributed by atoms with Gasteiger partial charge in [0, 0.05) is 6.07 Å². The molecule has 2 aromatic rings. The maximum atomic E-state index is 12.9. The van der Waals surface area contributed by atoms with E-state index in [1.165, 1.54) is 12.1 Å². The van der Waals surface area contributed by atoms with E-state index in [1.54, 1.807) is 36.4 Å². The highest BCUT2D eigenvalue weighted by Gasteiger charge is 2.01. The highest BCUT2D eigenvalue weighted by Crippen LogP contribution is 2.16. The van der Waals surface area contributed by atoms with Gasteiger partial charge in [0.05, 0.1) is 5.56 Å². The van der Waals surface area contributed by atoms with Crippen molar-refractivity contribution in [3.8, 4) is 17.6 Å². The molecule has 96 valence electrons. The second-order valence-corrected chi connectivity index (χ2v) is 3.76. The van der Waals surface area contributed by atoms with Crippen LogP contribution in [0.4, 0.5) is 4.39 Å². The first-order valence-corrected chi connectivity index (χ1v) is 5.80. The number of nitrogens with zero attached hydrogens (tertiary/aromatic N) is 1. The Balaban J connectivity index is 1.83. The zero-order valence-electron chi connectivity index (χ0n) is 10.2. The molecule has 0 saturated carbocycles. The van der Waals surface area contributed by atoms with Gasteiger partial charge in [-0.3, -0.25) is 0 Å². The second-order valence-electron chi connectivity index (χ2n) is 3.76. The third kappa shape index (κ3) is 3.71. The molecule has 0 spiro atoms. The van der Waals surface area contributed by atoms with Crippen molar-refractivity contribution >= 4 is 0 Å². The van der Waals surface area contributed by atoms with Gasteiger partial charge in [0.15, 0.2) is 0 Å². The van der Waals surface area contributed by atoms with Gasteiger partial charge in [-0.2, -0.15) is 5.26 Å². The fourth-order valence-electron chi connectivity index (χ4n) is 1.55. The second kappa shape index (κ2) is 6.41. The number of nitriles is 1. The third-order valence-corrected chi connectivity index (χ3v) is 2.41. The number of hydrogen-bond acceptors (Lipinski definition) is 3. The fraction of sp³-hybridized carbons (Fsp3) is 0.133. The molecule has 4 heteroatoms. The van der Waals surface area contributed by atoms with Crippen LogP contribution in [0.15, 0.2) is 48.5 Å². The van der Waals surface area contributed by atoms with Crippen LogP contribution < -0.4 is 9.47 Å². The Morgan fingerprint density at radius 1 is 1.00 bits per heavy atom. The Morgan fingerprint density at radius 2 is 1.79 bits per heavy atom. The summed E-state index contributed by atoms with van der Waals surface area (Å²) in [6.07, 6.45) is 0. The molecule has 3 nitrogen and oxygen atoms in total. The first-order chi connectivity index (χ1) is 9.29. The van der Waals surface area contributed by atoms with Crippen LogP contribution in [0.2, 0.25) is 0 Å². The Bertz CT molecular complexity index is 593. The van der Waals surface area contributed by atoms with Gasteiger partial charge < -0.3 is 9.47 Å². The van der Waals surface area contributed by atoms with E-state index in [0.29, 0.717) is 17.1 Å². The largest absolute Gasteiger partial charge is 0.490 e. The molecule has 0 aliphatic heterocycles. The third-order valence-electron chi connectivity index (χ3n) is 2.41. The minimum atomic E-state index is -0.340. The number of halogens is 1. The van der Waals surface area contributed by atoms with Gasteiger partial charge in [0.1, 0.15) is 36.6 Å². The van der Waals surface area contributed by atoms with E-state index in [4.69, 9.17) is 14.7 Å². The molecule has 0 fully saturated rings. The van der Waals surface area contributed by atoms with Gasteiger partial charge in [-0.15, -0.1) is 0 Å². The number of para-hydroxylation sites is 1. The summed E-state index contributed by atoms with van der Waals surface area (Å²) >= 11 is 0. The van der Waals surface area contributed by atoms with Gasteiger partial charge in [0.2, 0.25) is 0 Å². The number of hydrogen-bond donors (Lipinski definition) is 0. The molecule has 0 N–H and O–H groups in total. The van der Waals surface area contributed by atoms with Crippen molar-refractivity contribution in [1.29, 1.82) is 5.26 Å². The first kappa shape index (κ1) is 12.9. The minimum Gasteiger partial charge on any atom is -0.490 e. The van der Waals surface area contributed by atoms with E-state index in [-0.39, 0.29) is 19.0 Å². The van der Waals surface area contributed by atoms with E-state index < -0.39 is 0 Å². The van der Waals surface area contributed by atoms with E-state index in [9.17, 15) is 4.39 Å². The molecule has 2 rings (SSSR count). The van der Waals surface area contributed by atoms with Crippen LogP contribution in [-0.2, 0) is 0 Å². The SMILES string of the molecule is N#Cc1ccccc1OCCOc1cccc(F)c1. The molecule has 0 unspecified atom stereocenters. The Hall–Kier alpha value is -2.54. The predicted octanol–water partition coefficient (Wildman–Crippen LogP) is 3.16. The molecule has 0 bridgehead atoms. The highest BCUT2D eigenvalue weighted by molar-refractivity contribution is 5.42. The topological polar surface area (TPSA) is 42.2 Å². The van der Waals surface area contributed by atoms with Crippen molar-refractivity contribution in [2.75, 3.05) is 13.2 Å². The minimum absolute atomic E-state index is 0.281. The first-order valence-electron chi connectivity index (χ1n) is 5.80. The summed E-state index contributed by atoms with van der Waals surface area (Å²) in [7, 11) is 0. The maximum absolute atomic E-state index is 12.9. The summed E-state index contributed by atoms with van der Waals surface area (Å²) in [5.74, 6) is 0.637.